The van der Waals surface area contributed by atoms with Crippen molar-refractivity contribution >= 4 is 17.4 Å². The van der Waals surface area contributed by atoms with E-state index in [1.807, 2.05) is 0 Å². The van der Waals surface area contributed by atoms with Crippen LogP contribution < -0.4 is 5.69 Å². The molecule has 1 aromatic heterocycles. The van der Waals surface area contributed by atoms with E-state index in [0.29, 0.717) is 16.4 Å². The summed E-state index contributed by atoms with van der Waals surface area (Å²) in [5.74, 6) is -0.122. The Morgan fingerprint density at radius 2 is 1.88 bits per heavy atom. The van der Waals surface area contributed by atoms with Gasteiger partial charge in [-0.05, 0) is 24.6 Å². The molecule has 0 aliphatic carbocycles. The molecule has 0 fully saturated rings. The molecule has 0 bridgehead atoms. The summed E-state index contributed by atoms with van der Waals surface area (Å²) < 4.78 is 0. The first-order chi connectivity index (χ1) is 8.06. The fourth-order valence-corrected chi connectivity index (χ4v) is 1.75. The molecule has 0 saturated heterocycles. The van der Waals surface area contributed by atoms with Crippen LogP contribution in [-0.2, 0) is 6.42 Å². The highest BCUT2D eigenvalue weighted by Gasteiger charge is 2.12. The van der Waals surface area contributed by atoms with E-state index < -0.39 is 0 Å². The molecule has 17 heavy (non-hydrogen) atoms. The molecule has 0 saturated carbocycles. The minimum Gasteiger partial charge on any atom is -0.310 e. The lowest BCUT2D eigenvalue weighted by Crippen LogP contribution is -2.08. The Morgan fingerprint density at radius 1 is 1.24 bits per heavy atom. The average molecular weight is 251 g/mol. The second-order valence-electron chi connectivity index (χ2n) is 3.81. The van der Waals surface area contributed by atoms with Crippen molar-refractivity contribution in [2.75, 3.05) is 0 Å². The van der Waals surface area contributed by atoms with Crippen molar-refractivity contribution in [1.82, 2.24) is 9.97 Å². The quantitative estimate of drug-likeness (QED) is 0.820. The summed E-state index contributed by atoms with van der Waals surface area (Å²) in [7, 11) is 0. The van der Waals surface area contributed by atoms with Crippen molar-refractivity contribution < 1.29 is 4.79 Å². The Hall–Kier alpha value is -1.81. The van der Waals surface area contributed by atoms with Crippen molar-refractivity contribution in [2.24, 2.45) is 0 Å². The van der Waals surface area contributed by atoms with Gasteiger partial charge in [0.1, 0.15) is 5.69 Å². The maximum Gasteiger partial charge on any atom is 0.323 e. The number of benzene rings is 1. The maximum atomic E-state index is 11.9. The molecule has 2 aromatic rings. The van der Waals surface area contributed by atoms with Crippen LogP contribution in [-0.4, -0.2) is 15.8 Å². The van der Waals surface area contributed by atoms with Gasteiger partial charge < -0.3 is 9.97 Å². The van der Waals surface area contributed by atoms with Crippen LogP contribution >= 0.6 is 11.6 Å². The summed E-state index contributed by atoms with van der Waals surface area (Å²) in [6.45, 7) is 1.69. The molecule has 0 spiro atoms. The van der Waals surface area contributed by atoms with Crippen molar-refractivity contribution in [2.45, 2.75) is 13.3 Å². The maximum absolute atomic E-state index is 11.9. The summed E-state index contributed by atoms with van der Waals surface area (Å²) in [5.41, 5.74) is 1.40. The zero-order chi connectivity index (χ0) is 12.4. The minimum atomic E-state index is -0.359. The van der Waals surface area contributed by atoms with Gasteiger partial charge in [0.25, 0.3) is 0 Å². The van der Waals surface area contributed by atoms with Crippen LogP contribution in [0.25, 0.3) is 0 Å². The van der Waals surface area contributed by atoms with Gasteiger partial charge in [0.2, 0.25) is 0 Å². The molecular formula is C12H11ClN2O2. The highest BCUT2D eigenvalue weighted by atomic mass is 35.5. The van der Waals surface area contributed by atoms with Gasteiger partial charge in [-0.15, -0.1) is 0 Å². The predicted octanol–water partition coefficient (Wildman–Crippen LogP) is 2.09. The number of aromatic nitrogens is 2. The number of aryl methyl sites for hydroxylation is 1. The fraction of sp³-hybridized carbons (Fsp3) is 0.167. The number of nitrogens with one attached hydrogen (secondary N) is 2. The van der Waals surface area contributed by atoms with E-state index in [9.17, 15) is 9.59 Å². The third kappa shape index (κ3) is 2.65. The number of hydrogen-bond donors (Lipinski definition) is 2. The average Bonchev–Trinajstić information content (AvgIpc) is 2.61. The highest BCUT2D eigenvalue weighted by Crippen LogP contribution is 2.12. The minimum absolute atomic E-state index is 0.122. The first kappa shape index (κ1) is 11.7. The van der Waals surface area contributed by atoms with Crippen LogP contribution in [0.5, 0.6) is 0 Å². The molecule has 0 aliphatic rings. The Labute approximate surface area is 103 Å². The van der Waals surface area contributed by atoms with E-state index in [4.69, 9.17) is 11.6 Å². The normalized spacial score (nSPS) is 10.5. The number of Topliss-reactive ketones (excluding diaryl/α,β-unsaturated/α-hetero) is 1. The van der Waals surface area contributed by atoms with E-state index in [1.54, 1.807) is 31.2 Å². The van der Waals surface area contributed by atoms with E-state index >= 15 is 0 Å². The number of carbonyl (C=O) groups is 1. The van der Waals surface area contributed by atoms with Gasteiger partial charge >= 0.3 is 5.69 Å². The zero-order valence-corrected chi connectivity index (χ0v) is 9.97. The second kappa shape index (κ2) is 4.59. The zero-order valence-electron chi connectivity index (χ0n) is 9.21. The predicted molar refractivity (Wildman–Crippen MR) is 65.6 cm³/mol. The van der Waals surface area contributed by atoms with Crippen molar-refractivity contribution in [3.8, 4) is 0 Å². The van der Waals surface area contributed by atoms with Crippen molar-refractivity contribution in [1.29, 1.82) is 0 Å². The van der Waals surface area contributed by atoms with Gasteiger partial charge in [-0.3, -0.25) is 4.79 Å². The molecule has 0 amide bonds. The van der Waals surface area contributed by atoms with Crippen LogP contribution in [0.15, 0.2) is 29.1 Å². The van der Waals surface area contributed by atoms with Crippen LogP contribution in [0, 0.1) is 6.92 Å². The molecule has 0 radical (unpaired) electrons. The molecular weight excluding hydrogens is 240 g/mol. The molecule has 1 heterocycles. The Morgan fingerprint density at radius 3 is 2.41 bits per heavy atom. The number of rotatable bonds is 3. The summed E-state index contributed by atoms with van der Waals surface area (Å²) in [6, 6.07) is 7.05. The Bertz CT molecular complexity index is 596. The van der Waals surface area contributed by atoms with Gasteiger partial charge in [0, 0.05) is 17.1 Å². The monoisotopic (exact) mass is 250 g/mol. The second-order valence-corrected chi connectivity index (χ2v) is 4.24. The van der Waals surface area contributed by atoms with Gasteiger partial charge in [-0.25, -0.2) is 4.79 Å². The van der Waals surface area contributed by atoms with Gasteiger partial charge in [0.15, 0.2) is 5.78 Å². The summed E-state index contributed by atoms with van der Waals surface area (Å²) >= 11 is 5.76. The smallest absolute Gasteiger partial charge is 0.310 e. The largest absolute Gasteiger partial charge is 0.323 e. The summed E-state index contributed by atoms with van der Waals surface area (Å²) in [5, 5.41) is 0.632. The SMILES string of the molecule is Cc1[nH]c(=O)[nH]c1C(=O)Cc1ccc(Cl)cc1. The lowest BCUT2D eigenvalue weighted by atomic mass is 10.1. The third-order valence-corrected chi connectivity index (χ3v) is 2.72. The number of carbonyl (C=O) groups excluding carboxylic acids is 1. The third-order valence-electron chi connectivity index (χ3n) is 2.47. The van der Waals surface area contributed by atoms with E-state index in [0.717, 1.165) is 5.56 Å². The summed E-state index contributed by atoms with van der Waals surface area (Å²) in [4.78, 5) is 28.0. The molecule has 4 nitrogen and oxygen atoms in total. The van der Waals surface area contributed by atoms with Gasteiger partial charge in [-0.1, -0.05) is 23.7 Å². The van der Waals surface area contributed by atoms with Crippen LogP contribution in [0.4, 0.5) is 0 Å². The van der Waals surface area contributed by atoms with Crippen LogP contribution in [0.3, 0.4) is 0 Å². The standard InChI is InChI=1S/C12H11ClN2O2/c1-7-11(15-12(17)14-7)10(16)6-8-2-4-9(13)5-3-8/h2-5H,6H2,1H3,(H2,14,15,17). The number of hydrogen-bond acceptors (Lipinski definition) is 2. The lowest BCUT2D eigenvalue weighted by Gasteiger charge is -2.00. The van der Waals surface area contributed by atoms with Crippen molar-refractivity contribution in [3.63, 3.8) is 0 Å². The number of imidazole rings is 1. The van der Waals surface area contributed by atoms with Gasteiger partial charge in [0.05, 0.1) is 0 Å². The molecule has 88 valence electrons. The molecule has 2 N–H and O–H groups in total. The molecule has 2 rings (SSSR count). The number of aromatic amines is 2. The Balaban J connectivity index is 2.20. The summed E-state index contributed by atoms with van der Waals surface area (Å²) in [6.07, 6.45) is 0.242. The molecule has 0 atom stereocenters. The number of ketones is 1. The topological polar surface area (TPSA) is 65.7 Å². The Kier molecular flexibility index (Phi) is 3.15. The molecule has 1 aromatic carbocycles. The first-order valence-corrected chi connectivity index (χ1v) is 5.50. The highest BCUT2D eigenvalue weighted by molar-refractivity contribution is 6.30. The van der Waals surface area contributed by atoms with E-state index in [-0.39, 0.29) is 17.9 Å². The first-order valence-electron chi connectivity index (χ1n) is 5.13. The fourth-order valence-electron chi connectivity index (χ4n) is 1.63. The molecule has 0 aliphatic heterocycles. The van der Waals surface area contributed by atoms with E-state index in [1.165, 1.54) is 0 Å². The number of H-pyrrole nitrogens is 2. The van der Waals surface area contributed by atoms with Crippen LogP contribution in [0.2, 0.25) is 5.02 Å². The van der Waals surface area contributed by atoms with Gasteiger partial charge in [-0.2, -0.15) is 0 Å². The van der Waals surface area contributed by atoms with E-state index in [2.05, 4.69) is 9.97 Å². The molecule has 0 unspecified atom stereocenters. The molecule has 5 heteroatoms. The number of halogens is 1. The van der Waals surface area contributed by atoms with Crippen molar-refractivity contribution in [3.05, 3.63) is 56.7 Å². The van der Waals surface area contributed by atoms with Crippen LogP contribution in [0.1, 0.15) is 21.7 Å². The lowest BCUT2D eigenvalue weighted by molar-refractivity contribution is 0.0988.